The SMILES string of the molecule is CC(C)C[C@H](NC(=O)[C@H](CCCCN)NC(=O)[C@H](CCCN=C(N)N)NC(=O)CNC(=O)CNC(=O)[C@@H](N)CS)C(=O)NCC(=O)NCC(=O)N[C@@H](CS)C(=O)O. The zero-order chi connectivity index (χ0) is 43.5. The van der Waals surface area contributed by atoms with E-state index in [0.717, 1.165) is 0 Å². The number of rotatable bonds is 29. The number of nitrogens with one attached hydrogen (secondary N) is 8. The number of carbonyl (C=O) groups is 9. The maximum atomic E-state index is 13.6. The molecule has 23 nitrogen and oxygen atoms in total. The largest absolute Gasteiger partial charge is 0.480 e. The van der Waals surface area contributed by atoms with E-state index in [1.807, 2.05) is 0 Å². The molecule has 0 aliphatic rings. The van der Waals surface area contributed by atoms with E-state index in [9.17, 15) is 43.2 Å². The molecule has 0 spiro atoms. The van der Waals surface area contributed by atoms with Crippen molar-refractivity contribution in [2.45, 2.75) is 82.6 Å². The van der Waals surface area contributed by atoms with Crippen molar-refractivity contribution >= 4 is 84.4 Å². The van der Waals surface area contributed by atoms with Gasteiger partial charge in [0, 0.05) is 18.1 Å². The minimum atomic E-state index is -1.31. The minimum Gasteiger partial charge on any atom is -0.480 e. The third-order valence-corrected chi connectivity index (χ3v) is 8.36. The lowest BCUT2D eigenvalue weighted by molar-refractivity contribution is -0.141. The van der Waals surface area contributed by atoms with Crippen LogP contribution < -0.4 is 65.5 Å². The summed E-state index contributed by atoms with van der Waals surface area (Å²) in [5.41, 5.74) is 22.0. The lowest BCUT2D eigenvalue weighted by atomic mass is 10.0. The first-order valence-corrected chi connectivity index (χ1v) is 19.3. The molecule has 0 saturated heterocycles. The van der Waals surface area contributed by atoms with Gasteiger partial charge in [-0.2, -0.15) is 25.3 Å². The standard InChI is InChI=1S/C32H59N13O10S2/c1-17(2)10-21(28(51)41-12-24(47)39-14-26(49)43-22(16-57)31(54)55)45-30(53)20(6-3-4-8-33)44-29(52)19(7-5-9-37-32(35)36)42-25(48)13-38-23(46)11-40-27(50)18(34)15-56/h17-22,56-57H,3-16,33-34H2,1-2H3,(H,38,46)(H,39,47)(H,40,50)(H,41,51)(H,42,48)(H,43,49)(H,44,52)(H,45,53)(H,54,55)(H4,35,36,37)/t18-,19-,20-,21-,22-/m0/s1. The van der Waals surface area contributed by atoms with Crippen LogP contribution in [0.3, 0.4) is 0 Å². The number of carboxylic acid groups (broad SMARTS) is 1. The summed E-state index contributed by atoms with van der Waals surface area (Å²) in [6.45, 7) is 1.80. The lowest BCUT2D eigenvalue weighted by Crippen LogP contribution is -2.57. The molecule has 0 bridgehead atoms. The number of carbonyl (C=O) groups excluding carboxylic acids is 8. The number of aliphatic imine (C=N–C) groups is 1. The first-order valence-electron chi connectivity index (χ1n) is 18.1. The molecule has 57 heavy (non-hydrogen) atoms. The summed E-state index contributed by atoms with van der Waals surface area (Å²) in [6, 6.07) is -5.80. The molecule has 5 atom stereocenters. The van der Waals surface area contributed by atoms with Crippen LogP contribution in [0.4, 0.5) is 0 Å². The van der Waals surface area contributed by atoms with Gasteiger partial charge in [-0.05, 0) is 51.0 Å². The second-order valence-electron chi connectivity index (χ2n) is 13.0. The van der Waals surface area contributed by atoms with Crippen LogP contribution in [0, 0.1) is 5.92 Å². The van der Waals surface area contributed by atoms with E-state index in [1.165, 1.54) is 0 Å². The first kappa shape index (κ1) is 52.1. The minimum absolute atomic E-state index is 0.00848. The molecule has 0 radical (unpaired) electrons. The number of hydrogen-bond donors (Lipinski definition) is 15. The molecule has 0 aromatic rings. The topological polar surface area (TPSA) is 387 Å². The van der Waals surface area contributed by atoms with E-state index >= 15 is 0 Å². The number of carboxylic acids is 1. The Hall–Kier alpha value is -4.88. The molecule has 0 heterocycles. The van der Waals surface area contributed by atoms with Crippen LogP contribution in [0.2, 0.25) is 0 Å². The van der Waals surface area contributed by atoms with Gasteiger partial charge in [-0.3, -0.25) is 43.3 Å². The van der Waals surface area contributed by atoms with Crippen LogP contribution in [0.1, 0.15) is 52.4 Å². The van der Waals surface area contributed by atoms with Crippen LogP contribution in [0.15, 0.2) is 4.99 Å². The number of unbranched alkanes of at least 4 members (excludes halogenated alkanes) is 1. The number of hydrogen-bond acceptors (Lipinski definition) is 14. The van der Waals surface area contributed by atoms with Crippen LogP contribution in [0.5, 0.6) is 0 Å². The van der Waals surface area contributed by atoms with E-state index < -0.39 is 110 Å². The lowest BCUT2D eigenvalue weighted by Gasteiger charge is -2.26. The average molecular weight is 850 g/mol. The Morgan fingerprint density at radius 2 is 1.07 bits per heavy atom. The highest BCUT2D eigenvalue weighted by Gasteiger charge is 2.30. The van der Waals surface area contributed by atoms with Crippen molar-refractivity contribution in [1.82, 2.24) is 42.5 Å². The van der Waals surface area contributed by atoms with E-state index in [4.69, 9.17) is 28.0 Å². The molecule has 0 aromatic carbocycles. The summed E-state index contributed by atoms with van der Waals surface area (Å²) in [5.74, 6) is -7.65. The molecule has 0 unspecified atom stereocenters. The van der Waals surface area contributed by atoms with Gasteiger partial charge in [0.15, 0.2) is 5.96 Å². The Labute approximate surface area is 341 Å². The fourth-order valence-corrected chi connectivity index (χ4v) is 5.03. The monoisotopic (exact) mass is 849 g/mol. The van der Waals surface area contributed by atoms with Crippen molar-refractivity contribution in [2.75, 3.05) is 50.8 Å². The van der Waals surface area contributed by atoms with Gasteiger partial charge in [-0.1, -0.05) is 13.8 Å². The molecular weight excluding hydrogens is 791 g/mol. The molecule has 0 aliphatic heterocycles. The average Bonchev–Trinajstić information content (AvgIpc) is 3.15. The van der Waals surface area contributed by atoms with E-state index in [0.29, 0.717) is 19.4 Å². The Bertz CT molecular complexity index is 1400. The maximum Gasteiger partial charge on any atom is 0.327 e. The zero-order valence-electron chi connectivity index (χ0n) is 32.1. The van der Waals surface area contributed by atoms with Gasteiger partial charge in [-0.25, -0.2) is 4.79 Å². The smallest absolute Gasteiger partial charge is 0.327 e. The molecule has 0 saturated carbocycles. The Morgan fingerprint density at radius 1 is 0.596 bits per heavy atom. The van der Waals surface area contributed by atoms with Crippen LogP contribution in [-0.2, 0) is 43.2 Å². The van der Waals surface area contributed by atoms with Crippen LogP contribution in [-0.4, -0.2) is 145 Å². The summed E-state index contributed by atoms with van der Waals surface area (Å²) in [4.78, 5) is 116. The number of nitrogens with zero attached hydrogens (tertiary/aromatic N) is 1. The highest BCUT2D eigenvalue weighted by atomic mass is 32.1. The summed E-state index contributed by atoms with van der Waals surface area (Å²) in [7, 11) is 0. The number of aliphatic carboxylic acids is 1. The van der Waals surface area contributed by atoms with Crippen LogP contribution >= 0.6 is 25.3 Å². The molecule has 0 aromatic heterocycles. The second kappa shape index (κ2) is 29.4. The summed E-state index contributed by atoms with van der Waals surface area (Å²) < 4.78 is 0. The van der Waals surface area contributed by atoms with E-state index in [-0.39, 0.29) is 55.6 Å². The highest BCUT2D eigenvalue weighted by Crippen LogP contribution is 2.09. The number of guanidine groups is 1. The van der Waals surface area contributed by atoms with Gasteiger partial charge in [0.05, 0.1) is 32.2 Å². The van der Waals surface area contributed by atoms with Crippen molar-refractivity contribution in [2.24, 2.45) is 33.8 Å². The Morgan fingerprint density at radius 3 is 1.54 bits per heavy atom. The molecule has 8 amide bonds. The molecule has 0 rings (SSSR count). The van der Waals surface area contributed by atoms with Crippen LogP contribution in [0.25, 0.3) is 0 Å². The summed E-state index contributed by atoms with van der Waals surface area (Å²) in [5, 5.41) is 28.2. The normalized spacial score (nSPS) is 13.3. The highest BCUT2D eigenvalue weighted by molar-refractivity contribution is 7.80. The van der Waals surface area contributed by atoms with Gasteiger partial charge in [0.25, 0.3) is 0 Å². The van der Waals surface area contributed by atoms with Crippen molar-refractivity contribution in [1.29, 1.82) is 0 Å². The predicted octanol–water partition coefficient (Wildman–Crippen LogP) is -6.11. The van der Waals surface area contributed by atoms with Crippen molar-refractivity contribution < 1.29 is 48.3 Å². The van der Waals surface area contributed by atoms with Crippen molar-refractivity contribution in [3.05, 3.63) is 0 Å². The predicted molar refractivity (Wildman–Crippen MR) is 215 cm³/mol. The maximum absolute atomic E-state index is 13.6. The third kappa shape index (κ3) is 24.4. The van der Waals surface area contributed by atoms with Gasteiger partial charge in [0.2, 0.25) is 47.3 Å². The summed E-state index contributed by atoms with van der Waals surface area (Å²) in [6.07, 6.45) is 1.35. The molecule has 0 fully saturated rings. The molecule has 17 N–H and O–H groups in total. The second-order valence-corrected chi connectivity index (χ2v) is 13.8. The fourth-order valence-electron chi connectivity index (χ4n) is 4.61. The summed E-state index contributed by atoms with van der Waals surface area (Å²) >= 11 is 7.75. The van der Waals surface area contributed by atoms with Gasteiger partial charge < -0.3 is 70.6 Å². The van der Waals surface area contributed by atoms with Gasteiger partial charge >= 0.3 is 5.97 Å². The molecule has 25 heteroatoms. The number of thiol groups is 2. The van der Waals surface area contributed by atoms with E-state index in [1.54, 1.807) is 13.8 Å². The molecule has 0 aliphatic carbocycles. The zero-order valence-corrected chi connectivity index (χ0v) is 33.9. The third-order valence-electron chi connectivity index (χ3n) is 7.60. The number of amides is 8. The Kier molecular flexibility index (Phi) is 26.9. The fraction of sp³-hybridized carbons (Fsp3) is 0.688. The first-order chi connectivity index (χ1) is 26.8. The van der Waals surface area contributed by atoms with Gasteiger partial charge in [0.1, 0.15) is 24.2 Å². The van der Waals surface area contributed by atoms with Crippen molar-refractivity contribution in [3.63, 3.8) is 0 Å². The molecular formula is C32H59N13O10S2. The quantitative estimate of drug-likeness (QED) is 0.0144. The van der Waals surface area contributed by atoms with E-state index in [2.05, 4.69) is 72.8 Å². The van der Waals surface area contributed by atoms with Gasteiger partial charge in [-0.15, -0.1) is 0 Å². The molecule has 324 valence electrons. The number of nitrogens with two attached hydrogens (primary N) is 4. The Balaban J connectivity index is 5.75. The van der Waals surface area contributed by atoms with Crippen molar-refractivity contribution in [3.8, 4) is 0 Å².